The fourth-order valence-corrected chi connectivity index (χ4v) is 4.36. The summed E-state index contributed by atoms with van der Waals surface area (Å²) >= 11 is 3.56. The van der Waals surface area contributed by atoms with Crippen LogP contribution in [0.1, 0.15) is 21.7 Å². The first-order chi connectivity index (χ1) is 14.2. The van der Waals surface area contributed by atoms with Crippen molar-refractivity contribution in [1.29, 1.82) is 0 Å². The van der Waals surface area contributed by atoms with Crippen LogP contribution in [0.25, 0.3) is 11.0 Å². The number of anilines is 1. The molecule has 30 heavy (non-hydrogen) atoms. The molecule has 1 aliphatic rings. The number of piperazine rings is 1. The predicted molar refractivity (Wildman–Crippen MR) is 110 cm³/mol. The van der Waals surface area contributed by atoms with E-state index in [9.17, 15) is 18.0 Å². The van der Waals surface area contributed by atoms with Crippen LogP contribution in [0.15, 0.2) is 51.4 Å². The summed E-state index contributed by atoms with van der Waals surface area (Å²) < 4.78 is 44.8. The fourth-order valence-electron chi connectivity index (χ4n) is 3.67. The van der Waals surface area contributed by atoms with E-state index >= 15 is 0 Å². The number of carboxylic acid groups (broad SMARTS) is 1. The molecule has 0 radical (unpaired) electrons. The molecule has 0 atom stereocenters. The highest BCUT2D eigenvalue weighted by Crippen LogP contribution is 2.36. The SMILES string of the molecule is O=C(O)c1cc2c(Br)c(N3CCN(Cc4cccc(C(F)(F)F)c4)CC3)ccc2o1. The molecule has 0 spiro atoms. The van der Waals surface area contributed by atoms with Crippen molar-refractivity contribution < 1.29 is 27.5 Å². The molecule has 9 heteroatoms. The van der Waals surface area contributed by atoms with Crippen molar-refractivity contribution in [3.05, 3.63) is 63.8 Å². The maximum Gasteiger partial charge on any atom is 0.416 e. The number of hydrogen-bond donors (Lipinski definition) is 1. The lowest BCUT2D eigenvalue weighted by molar-refractivity contribution is -0.137. The van der Waals surface area contributed by atoms with Crippen LogP contribution >= 0.6 is 15.9 Å². The first kappa shape index (κ1) is 20.7. The summed E-state index contributed by atoms with van der Waals surface area (Å²) in [6, 6.07) is 10.6. The summed E-state index contributed by atoms with van der Waals surface area (Å²) in [6.07, 6.45) is -4.34. The van der Waals surface area contributed by atoms with Crippen molar-refractivity contribution in [2.75, 3.05) is 31.1 Å². The second-order valence-corrected chi connectivity index (χ2v) is 7.98. The van der Waals surface area contributed by atoms with Crippen molar-refractivity contribution in [3.8, 4) is 0 Å². The number of benzene rings is 2. The van der Waals surface area contributed by atoms with Crippen LogP contribution in [-0.2, 0) is 12.7 Å². The number of carbonyl (C=O) groups is 1. The molecular weight excluding hydrogens is 465 g/mol. The lowest BCUT2D eigenvalue weighted by Crippen LogP contribution is -2.46. The van der Waals surface area contributed by atoms with E-state index in [0.29, 0.717) is 49.3 Å². The summed E-state index contributed by atoms with van der Waals surface area (Å²) in [7, 11) is 0. The minimum absolute atomic E-state index is 0.117. The molecule has 0 bridgehead atoms. The molecule has 0 amide bonds. The fraction of sp³-hybridized carbons (Fsp3) is 0.286. The summed E-state index contributed by atoms with van der Waals surface area (Å²) in [6.45, 7) is 3.26. The summed E-state index contributed by atoms with van der Waals surface area (Å²) in [5, 5.41) is 9.81. The second kappa shape index (κ2) is 7.96. The summed E-state index contributed by atoms with van der Waals surface area (Å²) in [5.41, 5.74) is 1.43. The van der Waals surface area contributed by atoms with E-state index in [1.807, 2.05) is 6.07 Å². The topological polar surface area (TPSA) is 56.9 Å². The van der Waals surface area contributed by atoms with Crippen LogP contribution in [0.3, 0.4) is 0 Å². The van der Waals surface area contributed by atoms with E-state index in [1.165, 1.54) is 18.2 Å². The third-order valence-electron chi connectivity index (χ3n) is 5.20. The average Bonchev–Trinajstić information content (AvgIpc) is 3.14. The van der Waals surface area contributed by atoms with Crippen molar-refractivity contribution in [2.45, 2.75) is 12.7 Å². The van der Waals surface area contributed by atoms with E-state index in [0.717, 1.165) is 16.2 Å². The van der Waals surface area contributed by atoms with Crippen LogP contribution in [0, 0.1) is 0 Å². The van der Waals surface area contributed by atoms with Gasteiger partial charge in [-0.3, -0.25) is 4.90 Å². The van der Waals surface area contributed by atoms with Crippen LogP contribution in [-0.4, -0.2) is 42.2 Å². The lowest BCUT2D eigenvalue weighted by atomic mass is 10.1. The highest BCUT2D eigenvalue weighted by molar-refractivity contribution is 9.10. The smallest absolute Gasteiger partial charge is 0.416 e. The standard InChI is InChI=1S/C21H18BrF3N2O3/c22-19-15-11-18(20(28)29)30-17(15)5-4-16(19)27-8-6-26(7-9-27)12-13-2-1-3-14(10-13)21(23,24)25/h1-5,10-11H,6-9,12H2,(H,28,29). The number of alkyl halides is 3. The molecule has 0 unspecified atom stereocenters. The number of halogens is 4. The molecule has 1 fully saturated rings. The Morgan fingerprint density at radius 1 is 1.10 bits per heavy atom. The van der Waals surface area contributed by atoms with Crippen LogP contribution < -0.4 is 4.90 Å². The van der Waals surface area contributed by atoms with Gasteiger partial charge < -0.3 is 14.4 Å². The highest BCUT2D eigenvalue weighted by atomic mass is 79.9. The van der Waals surface area contributed by atoms with E-state index in [4.69, 9.17) is 9.52 Å². The zero-order valence-corrected chi connectivity index (χ0v) is 17.3. The van der Waals surface area contributed by atoms with Gasteiger partial charge in [-0.05, 0) is 39.7 Å². The molecule has 1 N–H and O–H groups in total. The molecule has 3 aromatic rings. The molecule has 0 saturated carbocycles. The molecule has 0 aliphatic carbocycles. The van der Waals surface area contributed by atoms with Crippen LogP contribution in [0.5, 0.6) is 0 Å². The Hall–Kier alpha value is -2.52. The van der Waals surface area contributed by atoms with Crippen molar-refractivity contribution in [3.63, 3.8) is 0 Å². The second-order valence-electron chi connectivity index (χ2n) is 7.19. The summed E-state index contributed by atoms with van der Waals surface area (Å²) in [5.74, 6) is -1.24. The van der Waals surface area contributed by atoms with Crippen LogP contribution in [0.4, 0.5) is 18.9 Å². The van der Waals surface area contributed by atoms with Gasteiger partial charge in [0.25, 0.3) is 0 Å². The van der Waals surface area contributed by atoms with Crippen molar-refractivity contribution in [1.82, 2.24) is 4.90 Å². The number of hydrogen-bond acceptors (Lipinski definition) is 4. The number of nitrogens with zero attached hydrogens (tertiary/aromatic N) is 2. The van der Waals surface area contributed by atoms with Gasteiger partial charge in [0.05, 0.1) is 15.7 Å². The minimum Gasteiger partial charge on any atom is -0.475 e. The van der Waals surface area contributed by atoms with Crippen molar-refractivity contribution >= 4 is 38.6 Å². The van der Waals surface area contributed by atoms with Gasteiger partial charge in [-0.25, -0.2) is 4.79 Å². The monoisotopic (exact) mass is 482 g/mol. The van der Waals surface area contributed by atoms with Gasteiger partial charge in [0.2, 0.25) is 5.76 Å². The number of furan rings is 1. The predicted octanol–water partition coefficient (Wildman–Crippen LogP) is 5.23. The Bertz CT molecular complexity index is 1090. The Morgan fingerprint density at radius 2 is 1.83 bits per heavy atom. The quantitative estimate of drug-likeness (QED) is 0.551. The number of rotatable bonds is 4. The van der Waals surface area contributed by atoms with Gasteiger partial charge in [0.1, 0.15) is 5.58 Å². The molecule has 5 nitrogen and oxygen atoms in total. The highest BCUT2D eigenvalue weighted by Gasteiger charge is 2.30. The maximum atomic E-state index is 12.9. The number of carboxylic acids is 1. The number of aromatic carboxylic acids is 1. The first-order valence-corrected chi connectivity index (χ1v) is 10.1. The van der Waals surface area contributed by atoms with Gasteiger partial charge in [-0.2, -0.15) is 13.2 Å². The molecule has 1 saturated heterocycles. The molecule has 2 heterocycles. The third kappa shape index (κ3) is 4.17. The zero-order chi connectivity index (χ0) is 21.5. The van der Waals surface area contributed by atoms with E-state index in [1.54, 1.807) is 12.1 Å². The minimum atomic E-state index is -4.34. The molecular formula is C21H18BrF3N2O3. The Labute approximate surface area is 178 Å². The largest absolute Gasteiger partial charge is 0.475 e. The Kier molecular flexibility index (Phi) is 5.50. The van der Waals surface area contributed by atoms with Crippen LogP contribution in [0.2, 0.25) is 0 Å². The summed E-state index contributed by atoms with van der Waals surface area (Å²) in [4.78, 5) is 15.4. The molecule has 2 aromatic carbocycles. The van der Waals surface area contributed by atoms with Gasteiger partial charge in [0, 0.05) is 44.2 Å². The number of fused-ring (bicyclic) bond motifs is 1. The normalized spacial score (nSPS) is 15.7. The Morgan fingerprint density at radius 3 is 2.50 bits per heavy atom. The van der Waals surface area contributed by atoms with E-state index in [2.05, 4.69) is 25.7 Å². The van der Waals surface area contributed by atoms with E-state index in [-0.39, 0.29) is 5.76 Å². The van der Waals surface area contributed by atoms with Gasteiger partial charge in [-0.1, -0.05) is 18.2 Å². The first-order valence-electron chi connectivity index (χ1n) is 9.31. The van der Waals surface area contributed by atoms with Gasteiger partial charge in [-0.15, -0.1) is 0 Å². The third-order valence-corrected chi connectivity index (χ3v) is 6.03. The van der Waals surface area contributed by atoms with Crippen molar-refractivity contribution in [2.24, 2.45) is 0 Å². The molecule has 1 aliphatic heterocycles. The average molecular weight is 483 g/mol. The maximum absolute atomic E-state index is 12.9. The van der Waals surface area contributed by atoms with Gasteiger partial charge >= 0.3 is 12.1 Å². The molecule has 158 valence electrons. The molecule has 4 rings (SSSR count). The lowest BCUT2D eigenvalue weighted by Gasteiger charge is -2.36. The zero-order valence-electron chi connectivity index (χ0n) is 15.7. The van der Waals surface area contributed by atoms with E-state index < -0.39 is 17.7 Å². The molecule has 1 aromatic heterocycles. The Balaban J connectivity index is 1.45. The van der Waals surface area contributed by atoms with Gasteiger partial charge in [0.15, 0.2) is 0 Å².